The lowest BCUT2D eigenvalue weighted by molar-refractivity contribution is 0.0940. The molecule has 1 aromatic heterocycles. The van der Waals surface area contributed by atoms with Gasteiger partial charge in [-0.05, 0) is 26.0 Å². The van der Waals surface area contributed by atoms with Crippen LogP contribution >= 0.6 is 34.5 Å². The fourth-order valence-corrected chi connectivity index (χ4v) is 2.79. The third-order valence-electron chi connectivity index (χ3n) is 2.67. The molecule has 1 unspecified atom stereocenters. The molecule has 0 saturated heterocycles. The molecule has 0 fully saturated rings. The summed E-state index contributed by atoms with van der Waals surface area (Å²) in [4.78, 5) is 16.5. The second-order valence-corrected chi connectivity index (χ2v) is 6.06. The van der Waals surface area contributed by atoms with Crippen molar-refractivity contribution in [2.24, 2.45) is 0 Å². The predicted molar refractivity (Wildman–Crippen MR) is 83.6 cm³/mol. The molecule has 2 aromatic rings. The number of nitrogens with zero attached hydrogens (tertiary/aromatic N) is 1. The van der Waals surface area contributed by atoms with E-state index >= 15 is 0 Å². The van der Waals surface area contributed by atoms with E-state index in [-0.39, 0.29) is 27.7 Å². The second kappa shape index (κ2) is 5.99. The van der Waals surface area contributed by atoms with Gasteiger partial charge in [0, 0.05) is 16.6 Å². The third kappa shape index (κ3) is 3.23. The molecule has 1 atom stereocenters. The van der Waals surface area contributed by atoms with Crippen molar-refractivity contribution >= 4 is 46.1 Å². The molecule has 106 valence electrons. The summed E-state index contributed by atoms with van der Waals surface area (Å²) in [6, 6.07) is 2.82. The predicted octanol–water partition coefficient (Wildman–Crippen LogP) is 3.83. The second-order valence-electron chi connectivity index (χ2n) is 4.38. The number of amides is 1. The molecular weight excluding hydrogens is 317 g/mol. The Kier molecular flexibility index (Phi) is 4.52. The summed E-state index contributed by atoms with van der Waals surface area (Å²) >= 11 is 13.3. The number of aromatic nitrogens is 1. The lowest BCUT2D eigenvalue weighted by atomic mass is 10.1. The normalized spacial score (nSPS) is 12.2. The number of rotatable bonds is 3. The van der Waals surface area contributed by atoms with E-state index in [9.17, 15) is 4.79 Å². The van der Waals surface area contributed by atoms with E-state index in [1.165, 1.54) is 23.5 Å². The van der Waals surface area contributed by atoms with E-state index in [2.05, 4.69) is 10.3 Å². The quantitative estimate of drug-likeness (QED) is 0.841. The number of hydrogen-bond donors (Lipinski definition) is 2. The van der Waals surface area contributed by atoms with Crippen LogP contribution in [0.1, 0.15) is 34.0 Å². The smallest absolute Gasteiger partial charge is 0.251 e. The van der Waals surface area contributed by atoms with Gasteiger partial charge in [0.2, 0.25) is 0 Å². The molecule has 1 heterocycles. The average molecular weight is 330 g/mol. The Balaban J connectivity index is 2.16. The van der Waals surface area contributed by atoms with Crippen molar-refractivity contribution < 1.29 is 4.79 Å². The first-order chi connectivity index (χ1) is 9.38. The van der Waals surface area contributed by atoms with Crippen molar-refractivity contribution in [3.8, 4) is 0 Å². The monoisotopic (exact) mass is 329 g/mol. The minimum Gasteiger partial charge on any atom is -0.397 e. The van der Waals surface area contributed by atoms with Gasteiger partial charge in [-0.3, -0.25) is 4.79 Å². The minimum atomic E-state index is -0.268. The SMILES string of the molecule is Cc1csc(C(C)NC(=O)c2cc(N)c(Cl)c(Cl)c2)n1. The first kappa shape index (κ1) is 15.1. The Hall–Kier alpha value is -1.30. The molecule has 0 aliphatic heterocycles. The van der Waals surface area contributed by atoms with E-state index < -0.39 is 0 Å². The summed E-state index contributed by atoms with van der Waals surface area (Å²) in [6.45, 7) is 3.78. The minimum absolute atomic E-state index is 0.183. The fourth-order valence-electron chi connectivity index (χ4n) is 1.65. The number of thiazole rings is 1. The van der Waals surface area contributed by atoms with Crippen molar-refractivity contribution in [1.29, 1.82) is 0 Å². The summed E-state index contributed by atoms with van der Waals surface area (Å²) in [5, 5.41) is 6.16. The lowest BCUT2D eigenvalue weighted by Crippen LogP contribution is -2.26. The Morgan fingerprint density at radius 2 is 2.15 bits per heavy atom. The molecular formula is C13H13Cl2N3OS. The van der Waals surface area contributed by atoms with E-state index in [1.807, 2.05) is 19.2 Å². The molecule has 0 spiro atoms. The number of halogens is 2. The molecule has 0 radical (unpaired) electrons. The lowest BCUT2D eigenvalue weighted by Gasteiger charge is -2.12. The van der Waals surface area contributed by atoms with Crippen LogP contribution in [0.25, 0.3) is 0 Å². The topological polar surface area (TPSA) is 68.0 Å². The van der Waals surface area contributed by atoms with Gasteiger partial charge >= 0.3 is 0 Å². The zero-order valence-corrected chi connectivity index (χ0v) is 13.2. The first-order valence-electron chi connectivity index (χ1n) is 5.86. The van der Waals surface area contributed by atoms with Crippen LogP contribution in [0, 0.1) is 6.92 Å². The van der Waals surface area contributed by atoms with E-state index in [0.29, 0.717) is 5.56 Å². The maximum Gasteiger partial charge on any atom is 0.251 e. The number of hydrogen-bond acceptors (Lipinski definition) is 4. The number of carbonyl (C=O) groups is 1. The van der Waals surface area contributed by atoms with Crippen LogP contribution in [0.3, 0.4) is 0 Å². The molecule has 4 nitrogen and oxygen atoms in total. The van der Waals surface area contributed by atoms with Crippen LogP contribution in [0.4, 0.5) is 5.69 Å². The van der Waals surface area contributed by atoms with E-state index in [0.717, 1.165) is 10.7 Å². The summed E-state index contributed by atoms with van der Waals surface area (Å²) < 4.78 is 0. The van der Waals surface area contributed by atoms with Crippen molar-refractivity contribution in [3.63, 3.8) is 0 Å². The zero-order valence-electron chi connectivity index (χ0n) is 10.9. The molecule has 1 aromatic carbocycles. The maximum atomic E-state index is 12.2. The van der Waals surface area contributed by atoms with Gasteiger partial charge in [0.1, 0.15) is 5.01 Å². The molecule has 2 rings (SSSR count). The van der Waals surface area contributed by atoms with Crippen molar-refractivity contribution in [3.05, 3.63) is 43.8 Å². The maximum absolute atomic E-state index is 12.2. The Morgan fingerprint density at radius 1 is 1.45 bits per heavy atom. The zero-order chi connectivity index (χ0) is 14.9. The van der Waals surface area contributed by atoms with Crippen LogP contribution in [-0.4, -0.2) is 10.9 Å². The van der Waals surface area contributed by atoms with Crippen LogP contribution < -0.4 is 11.1 Å². The highest BCUT2D eigenvalue weighted by Gasteiger charge is 2.16. The van der Waals surface area contributed by atoms with Gasteiger partial charge in [-0.2, -0.15) is 0 Å². The molecule has 1 amide bonds. The van der Waals surface area contributed by atoms with Crippen LogP contribution in [-0.2, 0) is 0 Å². The van der Waals surface area contributed by atoms with Crippen LogP contribution in [0.2, 0.25) is 10.0 Å². The van der Waals surface area contributed by atoms with Gasteiger partial charge in [0.05, 0.1) is 21.8 Å². The van der Waals surface area contributed by atoms with Crippen molar-refractivity contribution in [2.75, 3.05) is 5.73 Å². The summed E-state index contributed by atoms with van der Waals surface area (Å²) in [6.07, 6.45) is 0. The summed E-state index contributed by atoms with van der Waals surface area (Å²) in [5.74, 6) is -0.268. The highest BCUT2D eigenvalue weighted by molar-refractivity contribution is 7.09. The summed E-state index contributed by atoms with van der Waals surface area (Å²) in [5.41, 5.74) is 7.28. The van der Waals surface area contributed by atoms with E-state index in [1.54, 1.807) is 0 Å². The number of nitrogens with one attached hydrogen (secondary N) is 1. The number of carbonyl (C=O) groups excluding carboxylic acids is 1. The largest absolute Gasteiger partial charge is 0.397 e. The van der Waals surface area contributed by atoms with Gasteiger partial charge in [-0.15, -0.1) is 11.3 Å². The molecule has 20 heavy (non-hydrogen) atoms. The Labute approximate surface area is 130 Å². The molecule has 0 aliphatic carbocycles. The molecule has 0 aliphatic rings. The number of aryl methyl sites for hydroxylation is 1. The van der Waals surface area contributed by atoms with Gasteiger partial charge in [-0.1, -0.05) is 23.2 Å². The Morgan fingerprint density at radius 3 is 2.70 bits per heavy atom. The number of anilines is 1. The van der Waals surface area contributed by atoms with Gasteiger partial charge in [0.15, 0.2) is 0 Å². The molecule has 0 bridgehead atoms. The average Bonchev–Trinajstić information content (AvgIpc) is 2.82. The molecule has 3 N–H and O–H groups in total. The standard InChI is InChI=1S/C13H13Cl2N3OS/c1-6-5-20-13(17-6)7(2)18-12(19)8-3-9(14)11(15)10(16)4-8/h3-5,7H,16H2,1-2H3,(H,18,19). The fraction of sp³-hybridized carbons (Fsp3) is 0.231. The van der Waals surface area contributed by atoms with Gasteiger partial charge in [-0.25, -0.2) is 4.98 Å². The first-order valence-corrected chi connectivity index (χ1v) is 7.49. The van der Waals surface area contributed by atoms with E-state index in [4.69, 9.17) is 28.9 Å². The van der Waals surface area contributed by atoms with Gasteiger partial charge in [0.25, 0.3) is 5.91 Å². The van der Waals surface area contributed by atoms with Gasteiger partial charge < -0.3 is 11.1 Å². The number of benzene rings is 1. The number of nitrogens with two attached hydrogens (primary N) is 1. The van der Waals surface area contributed by atoms with Crippen LogP contribution in [0.5, 0.6) is 0 Å². The highest BCUT2D eigenvalue weighted by Crippen LogP contribution is 2.29. The van der Waals surface area contributed by atoms with Crippen molar-refractivity contribution in [2.45, 2.75) is 19.9 Å². The highest BCUT2D eigenvalue weighted by atomic mass is 35.5. The molecule has 0 saturated carbocycles. The molecule has 7 heteroatoms. The van der Waals surface area contributed by atoms with Crippen LogP contribution in [0.15, 0.2) is 17.5 Å². The summed E-state index contributed by atoms with van der Waals surface area (Å²) in [7, 11) is 0. The Bertz CT molecular complexity index is 634. The number of nitrogen functional groups attached to an aromatic ring is 1. The van der Waals surface area contributed by atoms with Crippen molar-refractivity contribution in [1.82, 2.24) is 10.3 Å². The third-order valence-corrected chi connectivity index (χ3v) is 4.64.